The number of alkyl halides is 1. The lowest BCUT2D eigenvalue weighted by Crippen LogP contribution is -1.84. The monoisotopic (exact) mass is 394 g/mol. The van der Waals surface area contributed by atoms with Gasteiger partial charge >= 0.3 is 0 Å². The van der Waals surface area contributed by atoms with E-state index < -0.39 is 0 Å². The fourth-order valence-corrected chi connectivity index (χ4v) is 2.98. The standard InChI is InChI=1S/C11H9Br2ClN2S/c1-2-7(12)11-16-15-10(17-11)6-3-4-8(13)9(14)5-6/h3-5,7H,2H2,1H3. The number of benzene rings is 1. The first kappa shape index (κ1) is 13.5. The highest BCUT2D eigenvalue weighted by molar-refractivity contribution is 9.10. The van der Waals surface area contributed by atoms with Crippen LogP contribution in [0.3, 0.4) is 0 Å². The number of rotatable bonds is 3. The number of nitrogens with zero attached hydrogens (tertiary/aromatic N) is 2. The third-order valence-corrected chi connectivity index (χ3v) is 5.94. The highest BCUT2D eigenvalue weighted by Crippen LogP contribution is 2.34. The Balaban J connectivity index is 2.33. The van der Waals surface area contributed by atoms with Gasteiger partial charge in [0.1, 0.15) is 10.0 Å². The normalized spacial score (nSPS) is 12.7. The first-order chi connectivity index (χ1) is 8.11. The van der Waals surface area contributed by atoms with Crippen LogP contribution in [0, 0.1) is 0 Å². The highest BCUT2D eigenvalue weighted by atomic mass is 79.9. The van der Waals surface area contributed by atoms with E-state index in [1.807, 2.05) is 18.2 Å². The number of hydrogen-bond acceptors (Lipinski definition) is 3. The van der Waals surface area contributed by atoms with Gasteiger partial charge in [0.2, 0.25) is 0 Å². The van der Waals surface area contributed by atoms with E-state index in [9.17, 15) is 0 Å². The molecule has 0 radical (unpaired) electrons. The Kier molecular flexibility index (Phi) is 4.58. The minimum Gasteiger partial charge on any atom is -0.142 e. The quantitative estimate of drug-likeness (QED) is 0.643. The number of halogens is 3. The molecule has 1 heterocycles. The van der Waals surface area contributed by atoms with Crippen LogP contribution in [0.25, 0.3) is 10.6 Å². The molecule has 2 nitrogen and oxygen atoms in total. The summed E-state index contributed by atoms with van der Waals surface area (Å²) in [5, 5.41) is 11.0. The molecule has 0 saturated carbocycles. The molecule has 0 bridgehead atoms. The summed E-state index contributed by atoms with van der Waals surface area (Å²) in [5.41, 5.74) is 0.998. The first-order valence-electron chi connectivity index (χ1n) is 5.04. The fourth-order valence-electron chi connectivity index (χ4n) is 1.28. The summed E-state index contributed by atoms with van der Waals surface area (Å²) in [7, 11) is 0. The van der Waals surface area contributed by atoms with Gasteiger partial charge in [0.15, 0.2) is 0 Å². The molecule has 0 aliphatic carbocycles. The lowest BCUT2D eigenvalue weighted by Gasteiger charge is -1.99. The zero-order valence-electron chi connectivity index (χ0n) is 8.95. The van der Waals surface area contributed by atoms with Gasteiger partial charge in [-0.2, -0.15) is 0 Å². The molecule has 0 fully saturated rings. The van der Waals surface area contributed by atoms with Crippen molar-refractivity contribution in [1.82, 2.24) is 10.2 Å². The average Bonchev–Trinajstić information content (AvgIpc) is 2.81. The van der Waals surface area contributed by atoms with Gasteiger partial charge in [0.05, 0.1) is 9.85 Å². The smallest absolute Gasteiger partial charge is 0.142 e. The predicted molar refractivity (Wildman–Crippen MR) is 80.0 cm³/mol. The first-order valence-corrected chi connectivity index (χ1v) is 7.95. The summed E-state index contributed by atoms with van der Waals surface area (Å²) in [6.45, 7) is 2.11. The fraction of sp³-hybridized carbons (Fsp3) is 0.273. The molecule has 90 valence electrons. The minimum absolute atomic E-state index is 0.277. The summed E-state index contributed by atoms with van der Waals surface area (Å²) in [5.74, 6) is 0. The molecule has 1 aromatic heterocycles. The Morgan fingerprint density at radius 2 is 2.18 bits per heavy atom. The van der Waals surface area contributed by atoms with Gasteiger partial charge in [-0.05, 0) is 34.5 Å². The summed E-state index contributed by atoms with van der Waals surface area (Å²) in [4.78, 5) is 0.277. The van der Waals surface area contributed by atoms with Gasteiger partial charge in [-0.3, -0.25) is 0 Å². The van der Waals surface area contributed by atoms with E-state index in [-0.39, 0.29) is 4.83 Å². The van der Waals surface area contributed by atoms with Crippen molar-refractivity contribution >= 4 is 54.8 Å². The number of hydrogen-bond donors (Lipinski definition) is 0. The maximum atomic E-state index is 6.06. The molecular formula is C11H9Br2ClN2S. The molecule has 0 aliphatic heterocycles. The van der Waals surface area contributed by atoms with Crippen molar-refractivity contribution < 1.29 is 0 Å². The van der Waals surface area contributed by atoms with Gasteiger partial charge in [-0.15, -0.1) is 10.2 Å². The summed E-state index contributed by atoms with van der Waals surface area (Å²) in [6.07, 6.45) is 0.996. The Hall–Kier alpha value is 0.0300. The molecule has 2 rings (SSSR count). The molecule has 0 aliphatic rings. The molecule has 1 aromatic carbocycles. The van der Waals surface area contributed by atoms with Crippen molar-refractivity contribution in [3.05, 3.63) is 32.7 Å². The second-order valence-corrected chi connectivity index (χ2v) is 6.83. The predicted octanol–water partition coefficient (Wildman–Crippen LogP) is 5.47. The van der Waals surface area contributed by atoms with Crippen molar-refractivity contribution in [2.75, 3.05) is 0 Å². The largest absolute Gasteiger partial charge is 0.147 e. The van der Waals surface area contributed by atoms with Crippen LogP contribution >= 0.6 is 54.8 Å². The van der Waals surface area contributed by atoms with Crippen LogP contribution in [0.5, 0.6) is 0 Å². The number of aromatic nitrogens is 2. The zero-order valence-corrected chi connectivity index (χ0v) is 13.7. The van der Waals surface area contributed by atoms with Crippen LogP contribution in [-0.2, 0) is 0 Å². The second kappa shape index (κ2) is 5.78. The topological polar surface area (TPSA) is 25.8 Å². The molecule has 17 heavy (non-hydrogen) atoms. The maximum absolute atomic E-state index is 6.06. The van der Waals surface area contributed by atoms with Gasteiger partial charge in [-0.25, -0.2) is 0 Å². The summed E-state index contributed by atoms with van der Waals surface area (Å²) >= 11 is 14.6. The van der Waals surface area contributed by atoms with Crippen LogP contribution in [0.4, 0.5) is 0 Å². The van der Waals surface area contributed by atoms with Crippen molar-refractivity contribution in [3.8, 4) is 10.6 Å². The average molecular weight is 397 g/mol. The third-order valence-electron chi connectivity index (χ3n) is 2.23. The van der Waals surface area contributed by atoms with Crippen molar-refractivity contribution in [2.24, 2.45) is 0 Å². The Labute approximate surface area is 126 Å². The molecule has 6 heteroatoms. The van der Waals surface area contributed by atoms with Gasteiger partial charge in [-0.1, -0.05) is 51.9 Å². The zero-order chi connectivity index (χ0) is 12.4. The molecule has 1 atom stereocenters. The Morgan fingerprint density at radius 1 is 1.41 bits per heavy atom. The van der Waals surface area contributed by atoms with E-state index in [1.54, 1.807) is 11.3 Å². The van der Waals surface area contributed by atoms with Gasteiger partial charge < -0.3 is 0 Å². The van der Waals surface area contributed by atoms with E-state index in [1.165, 1.54) is 0 Å². The van der Waals surface area contributed by atoms with Crippen LogP contribution in [-0.4, -0.2) is 10.2 Å². The summed E-state index contributed by atoms with van der Waals surface area (Å²) in [6, 6.07) is 5.80. The van der Waals surface area contributed by atoms with E-state index in [0.717, 1.165) is 26.5 Å². The Bertz CT molecular complexity index is 530. The second-order valence-electron chi connectivity index (χ2n) is 3.45. The highest BCUT2D eigenvalue weighted by Gasteiger charge is 2.13. The summed E-state index contributed by atoms with van der Waals surface area (Å²) < 4.78 is 0.889. The molecule has 1 unspecified atom stereocenters. The maximum Gasteiger partial charge on any atom is 0.147 e. The molecular weight excluding hydrogens is 387 g/mol. The van der Waals surface area contributed by atoms with Crippen LogP contribution < -0.4 is 0 Å². The molecule has 0 N–H and O–H groups in total. The lowest BCUT2D eigenvalue weighted by molar-refractivity contribution is 0.870. The van der Waals surface area contributed by atoms with E-state index >= 15 is 0 Å². The van der Waals surface area contributed by atoms with Crippen molar-refractivity contribution in [3.63, 3.8) is 0 Å². The SMILES string of the molecule is CCC(Br)c1nnc(-c2ccc(Br)c(Cl)c2)s1. The van der Waals surface area contributed by atoms with Crippen LogP contribution in [0.2, 0.25) is 5.02 Å². The molecule has 0 spiro atoms. The van der Waals surface area contributed by atoms with E-state index in [4.69, 9.17) is 11.6 Å². The van der Waals surface area contributed by atoms with Gasteiger partial charge in [0.25, 0.3) is 0 Å². The van der Waals surface area contributed by atoms with E-state index in [2.05, 4.69) is 49.0 Å². The van der Waals surface area contributed by atoms with Crippen molar-refractivity contribution in [2.45, 2.75) is 18.2 Å². The van der Waals surface area contributed by atoms with Crippen LogP contribution in [0.15, 0.2) is 22.7 Å². The minimum atomic E-state index is 0.277. The van der Waals surface area contributed by atoms with Crippen molar-refractivity contribution in [1.29, 1.82) is 0 Å². The lowest BCUT2D eigenvalue weighted by atomic mass is 10.2. The molecule has 0 amide bonds. The Morgan fingerprint density at radius 3 is 2.82 bits per heavy atom. The van der Waals surface area contributed by atoms with Gasteiger partial charge in [0, 0.05) is 10.0 Å². The van der Waals surface area contributed by atoms with Crippen LogP contribution in [0.1, 0.15) is 23.2 Å². The van der Waals surface area contributed by atoms with E-state index in [0.29, 0.717) is 5.02 Å². The molecule has 2 aromatic rings. The molecule has 0 saturated heterocycles. The third kappa shape index (κ3) is 3.08.